The minimum atomic E-state index is -1.43. The first kappa shape index (κ1) is 38.2. The van der Waals surface area contributed by atoms with Crippen LogP contribution in [0.25, 0.3) is 0 Å². The molecule has 0 saturated heterocycles. The van der Waals surface area contributed by atoms with E-state index in [1.165, 1.54) is 129 Å². The van der Waals surface area contributed by atoms with E-state index in [1.807, 2.05) is 0 Å². The highest BCUT2D eigenvalue weighted by atomic mass is 28.3. The van der Waals surface area contributed by atoms with Crippen molar-refractivity contribution >= 4 is 18.6 Å². The summed E-state index contributed by atoms with van der Waals surface area (Å²) in [6.07, 6.45) is 21.5. The summed E-state index contributed by atoms with van der Waals surface area (Å²) in [7, 11) is 8.91. The van der Waals surface area contributed by atoms with Gasteiger partial charge in [0, 0.05) is 28.4 Å². The molecule has 0 heterocycles. The molecule has 0 aromatic rings. The molecule has 8 heteroatoms. The van der Waals surface area contributed by atoms with E-state index < -0.39 is 18.6 Å². The van der Waals surface area contributed by atoms with Gasteiger partial charge >= 0.3 is 18.6 Å². The fraction of sp³-hybridized carbons (Fsp3) is 1.00. The highest BCUT2D eigenvalue weighted by Crippen LogP contribution is 2.20. The van der Waals surface area contributed by atoms with Gasteiger partial charge in [0.15, 0.2) is 0 Å². The summed E-state index contributed by atoms with van der Waals surface area (Å²) in [6.45, 7) is 9.55. The zero-order valence-electron chi connectivity index (χ0n) is 27.0. The van der Waals surface area contributed by atoms with Gasteiger partial charge in [0.05, 0.1) is 0 Å². The first-order valence-corrected chi connectivity index (χ1v) is 19.1. The van der Waals surface area contributed by atoms with Crippen molar-refractivity contribution in [1.82, 2.24) is 9.80 Å². The van der Waals surface area contributed by atoms with E-state index in [-0.39, 0.29) is 0 Å². The van der Waals surface area contributed by atoms with Crippen molar-refractivity contribution in [1.29, 1.82) is 0 Å². The summed E-state index contributed by atoms with van der Waals surface area (Å²) in [4.78, 5) is 5.06. The Labute approximate surface area is 242 Å². The molecule has 0 fully saturated rings. The SMILES string of the molecule is CO[SiH](OC)C(C)CCCCCN(C)CCCCCCCCCCN(C)CCCCCC(C)[SiH](OC)OC. The lowest BCUT2D eigenvalue weighted by Gasteiger charge is -2.19. The number of unbranched alkanes of at least 4 members (excludes halogenated alkanes) is 11. The quantitative estimate of drug-likeness (QED) is 0.0713. The highest BCUT2D eigenvalue weighted by Gasteiger charge is 2.19. The topological polar surface area (TPSA) is 43.4 Å². The minimum absolute atomic E-state index is 0.608. The average molecular weight is 577 g/mol. The first-order valence-electron chi connectivity index (χ1n) is 15.9. The first-order chi connectivity index (χ1) is 18.4. The van der Waals surface area contributed by atoms with Gasteiger partial charge in [-0.2, -0.15) is 0 Å². The van der Waals surface area contributed by atoms with Crippen LogP contribution in [0.5, 0.6) is 0 Å². The van der Waals surface area contributed by atoms with Crippen LogP contribution in [0.4, 0.5) is 0 Å². The van der Waals surface area contributed by atoms with Crippen LogP contribution < -0.4 is 0 Å². The molecule has 0 aliphatic rings. The Balaban J connectivity index is 3.43. The highest BCUT2D eigenvalue weighted by molar-refractivity contribution is 6.46. The molecule has 2 unspecified atom stereocenters. The number of rotatable bonds is 29. The van der Waals surface area contributed by atoms with E-state index in [1.54, 1.807) is 28.4 Å². The van der Waals surface area contributed by atoms with E-state index in [4.69, 9.17) is 17.7 Å². The summed E-state index contributed by atoms with van der Waals surface area (Å²) >= 11 is 0. The lowest BCUT2D eigenvalue weighted by Crippen LogP contribution is -2.24. The molecular formula is C30H68N2O4Si2. The smallest absolute Gasteiger partial charge is 0.323 e. The lowest BCUT2D eigenvalue weighted by atomic mass is 10.1. The average Bonchev–Trinajstić information content (AvgIpc) is 2.90. The van der Waals surface area contributed by atoms with E-state index >= 15 is 0 Å². The van der Waals surface area contributed by atoms with Crippen LogP contribution in [0.2, 0.25) is 11.1 Å². The Morgan fingerprint density at radius 1 is 0.421 bits per heavy atom. The molecule has 0 aromatic heterocycles. The largest absolute Gasteiger partial charge is 0.400 e. The van der Waals surface area contributed by atoms with Gasteiger partial charge in [0.1, 0.15) is 0 Å². The maximum absolute atomic E-state index is 5.50. The van der Waals surface area contributed by atoms with Gasteiger partial charge in [-0.1, -0.05) is 78.1 Å². The molecule has 0 aliphatic heterocycles. The summed E-state index contributed by atoms with van der Waals surface area (Å²) in [5.41, 5.74) is 1.22. The van der Waals surface area contributed by atoms with Crippen molar-refractivity contribution in [2.45, 2.75) is 128 Å². The molecule has 230 valence electrons. The molecule has 0 radical (unpaired) electrons. The van der Waals surface area contributed by atoms with E-state index in [0.717, 1.165) is 0 Å². The van der Waals surface area contributed by atoms with Crippen molar-refractivity contribution in [2.75, 3.05) is 68.7 Å². The van der Waals surface area contributed by atoms with Gasteiger partial charge in [-0.05, 0) is 89.9 Å². The van der Waals surface area contributed by atoms with Crippen molar-refractivity contribution in [3.8, 4) is 0 Å². The van der Waals surface area contributed by atoms with Crippen LogP contribution in [0.3, 0.4) is 0 Å². The summed E-state index contributed by atoms with van der Waals surface area (Å²) in [5.74, 6) is 0. The molecule has 0 aromatic carbocycles. The fourth-order valence-electron chi connectivity index (χ4n) is 5.49. The van der Waals surface area contributed by atoms with E-state index in [0.29, 0.717) is 11.1 Å². The predicted molar refractivity (Wildman–Crippen MR) is 170 cm³/mol. The van der Waals surface area contributed by atoms with Gasteiger partial charge < -0.3 is 27.5 Å². The minimum Gasteiger partial charge on any atom is -0.400 e. The molecular weight excluding hydrogens is 509 g/mol. The molecule has 0 N–H and O–H groups in total. The number of hydrogen-bond acceptors (Lipinski definition) is 6. The standard InChI is InChI=1S/C30H68N2O4Si2/c1-29(37(33-5)34-6)23-17-15-21-27-31(3)25-19-13-11-9-10-12-14-20-26-32(4)28-22-16-18-24-30(2)38(35-7)36-8/h29-30,37-38H,9-28H2,1-8H3. The fourth-order valence-corrected chi connectivity index (χ4v) is 8.75. The van der Waals surface area contributed by atoms with Crippen LogP contribution in [-0.2, 0) is 17.7 Å². The van der Waals surface area contributed by atoms with Crippen LogP contribution in [0.15, 0.2) is 0 Å². The van der Waals surface area contributed by atoms with Crippen molar-refractivity contribution < 1.29 is 17.7 Å². The van der Waals surface area contributed by atoms with Crippen molar-refractivity contribution in [2.24, 2.45) is 0 Å². The second kappa shape index (κ2) is 27.4. The summed E-state index contributed by atoms with van der Waals surface area (Å²) in [6, 6.07) is 0. The van der Waals surface area contributed by atoms with E-state index in [2.05, 4.69) is 37.7 Å². The normalized spacial score (nSPS) is 13.9. The van der Waals surface area contributed by atoms with Crippen molar-refractivity contribution in [3.63, 3.8) is 0 Å². The third-order valence-electron chi connectivity index (χ3n) is 8.09. The monoisotopic (exact) mass is 576 g/mol. The van der Waals surface area contributed by atoms with Crippen LogP contribution >= 0.6 is 0 Å². The third kappa shape index (κ3) is 21.9. The number of hydrogen-bond donors (Lipinski definition) is 0. The molecule has 0 amide bonds. The number of nitrogens with zero attached hydrogens (tertiary/aromatic N) is 2. The zero-order valence-corrected chi connectivity index (χ0v) is 29.3. The lowest BCUT2D eigenvalue weighted by molar-refractivity contribution is 0.263. The van der Waals surface area contributed by atoms with E-state index in [9.17, 15) is 0 Å². The molecule has 0 bridgehead atoms. The molecule has 6 nitrogen and oxygen atoms in total. The molecule has 0 aliphatic carbocycles. The molecule has 0 spiro atoms. The van der Waals surface area contributed by atoms with Gasteiger partial charge in [0.2, 0.25) is 0 Å². The molecule has 38 heavy (non-hydrogen) atoms. The predicted octanol–water partition coefficient (Wildman–Crippen LogP) is 6.90. The second-order valence-electron chi connectivity index (χ2n) is 11.8. The Morgan fingerprint density at radius 3 is 0.921 bits per heavy atom. The molecule has 2 atom stereocenters. The third-order valence-corrected chi connectivity index (χ3v) is 12.5. The van der Waals surface area contributed by atoms with Crippen molar-refractivity contribution in [3.05, 3.63) is 0 Å². The van der Waals surface area contributed by atoms with Gasteiger partial charge in [-0.15, -0.1) is 0 Å². The second-order valence-corrected chi connectivity index (χ2v) is 17.4. The Morgan fingerprint density at radius 2 is 0.658 bits per heavy atom. The molecule has 0 saturated carbocycles. The summed E-state index contributed by atoms with van der Waals surface area (Å²) < 4.78 is 22.0. The van der Waals surface area contributed by atoms with Gasteiger partial charge in [-0.25, -0.2) is 0 Å². The van der Waals surface area contributed by atoms with Crippen LogP contribution in [0, 0.1) is 0 Å². The maximum atomic E-state index is 5.50. The summed E-state index contributed by atoms with van der Waals surface area (Å²) in [5, 5.41) is 0. The Hall–Kier alpha value is 0.194. The maximum Gasteiger partial charge on any atom is 0.323 e. The Bertz CT molecular complexity index is 443. The zero-order chi connectivity index (χ0) is 28.4. The Kier molecular flexibility index (Phi) is 27.5. The van der Waals surface area contributed by atoms with Crippen LogP contribution in [0.1, 0.15) is 117 Å². The molecule has 0 rings (SSSR count). The van der Waals surface area contributed by atoms with Gasteiger partial charge in [-0.3, -0.25) is 0 Å². The van der Waals surface area contributed by atoms with Gasteiger partial charge in [0.25, 0.3) is 0 Å². The van der Waals surface area contributed by atoms with Crippen LogP contribution in [-0.4, -0.2) is 97.1 Å².